The number of nitrogens with one attached hydrogen (secondary N) is 2. The lowest BCUT2D eigenvalue weighted by Gasteiger charge is -2.39. The number of aryl methyl sites for hydroxylation is 1. The Labute approximate surface area is 185 Å². The summed E-state index contributed by atoms with van der Waals surface area (Å²) in [6, 6.07) is 8.46. The summed E-state index contributed by atoms with van der Waals surface area (Å²) < 4.78 is 0. The first-order chi connectivity index (χ1) is 15.1. The van der Waals surface area contributed by atoms with Crippen LogP contribution in [0.25, 0.3) is 10.9 Å². The van der Waals surface area contributed by atoms with Gasteiger partial charge >= 0.3 is 0 Å². The van der Waals surface area contributed by atoms with Crippen molar-refractivity contribution < 1.29 is 4.79 Å². The van der Waals surface area contributed by atoms with Gasteiger partial charge in [0.05, 0.1) is 6.04 Å². The Morgan fingerprint density at radius 2 is 1.81 bits per heavy atom. The van der Waals surface area contributed by atoms with Gasteiger partial charge in [0.1, 0.15) is 0 Å². The van der Waals surface area contributed by atoms with Gasteiger partial charge in [0, 0.05) is 69.5 Å². The third-order valence-corrected chi connectivity index (χ3v) is 6.83. The second kappa shape index (κ2) is 9.73. The second-order valence-corrected chi connectivity index (χ2v) is 8.73. The Balaban J connectivity index is 1.27. The van der Waals surface area contributed by atoms with Crippen LogP contribution < -0.4 is 5.32 Å². The van der Waals surface area contributed by atoms with Gasteiger partial charge in [-0.25, -0.2) is 0 Å². The molecule has 3 heterocycles. The summed E-state index contributed by atoms with van der Waals surface area (Å²) in [6.45, 7) is 10.5. The molecule has 1 amide bonds. The topological polar surface area (TPSA) is 67.0 Å². The zero-order valence-electron chi connectivity index (χ0n) is 19.2. The molecule has 7 nitrogen and oxygen atoms in total. The van der Waals surface area contributed by atoms with E-state index in [1.165, 1.54) is 22.2 Å². The van der Waals surface area contributed by atoms with E-state index in [0.29, 0.717) is 5.91 Å². The van der Waals surface area contributed by atoms with Gasteiger partial charge in [-0.2, -0.15) is 0 Å². The van der Waals surface area contributed by atoms with Crippen LogP contribution in [0.5, 0.6) is 0 Å². The number of hydrogen-bond acceptors (Lipinski definition) is 3. The van der Waals surface area contributed by atoms with Crippen LogP contribution in [-0.2, 0) is 11.2 Å². The molecule has 0 aliphatic carbocycles. The highest BCUT2D eigenvalue weighted by Gasteiger charge is 2.30. The molecule has 2 fully saturated rings. The molecule has 31 heavy (non-hydrogen) atoms. The molecule has 2 aliphatic rings. The number of carbonyl (C=O) groups excluding carboxylic acids is 1. The number of H-pyrrole nitrogens is 1. The largest absolute Gasteiger partial charge is 0.358 e. The van der Waals surface area contributed by atoms with Crippen molar-refractivity contribution in [3.63, 3.8) is 0 Å². The molecule has 1 aromatic heterocycles. The Bertz CT molecular complexity index is 921. The van der Waals surface area contributed by atoms with Crippen molar-refractivity contribution in [2.24, 2.45) is 4.99 Å². The molecular formula is C24H36N6O. The van der Waals surface area contributed by atoms with E-state index in [1.54, 1.807) is 0 Å². The van der Waals surface area contributed by atoms with Gasteiger partial charge in [-0.15, -0.1) is 0 Å². The van der Waals surface area contributed by atoms with Crippen LogP contribution in [-0.4, -0.2) is 90.5 Å². The van der Waals surface area contributed by atoms with Gasteiger partial charge in [-0.3, -0.25) is 14.7 Å². The third-order valence-electron chi connectivity index (χ3n) is 6.83. The summed E-state index contributed by atoms with van der Waals surface area (Å²) in [5, 5.41) is 4.86. The number of fused-ring (bicyclic) bond motifs is 1. The molecule has 0 saturated carbocycles. The lowest BCUT2D eigenvalue weighted by molar-refractivity contribution is -0.135. The summed E-state index contributed by atoms with van der Waals surface area (Å²) >= 11 is 0. The second-order valence-electron chi connectivity index (χ2n) is 8.73. The Morgan fingerprint density at radius 3 is 2.52 bits per heavy atom. The standard InChI is InChI=1S/C24H36N6O/c1-18-20(21-8-4-5-9-22(21)27-18)10-11-26-24(25-3)30-16-14-28(15-17-30)19(2)23(31)29-12-6-7-13-29/h4-5,8-9,19,27H,6-7,10-17H2,1-3H3,(H,25,26). The Kier molecular flexibility index (Phi) is 6.80. The third kappa shape index (κ3) is 4.71. The number of aliphatic imine (C=N–C) groups is 1. The maximum atomic E-state index is 12.7. The molecule has 0 spiro atoms. The van der Waals surface area contributed by atoms with Gasteiger partial charge in [-0.1, -0.05) is 18.2 Å². The molecule has 2 saturated heterocycles. The van der Waals surface area contributed by atoms with Crippen LogP contribution in [0.3, 0.4) is 0 Å². The summed E-state index contributed by atoms with van der Waals surface area (Å²) in [7, 11) is 1.85. The van der Waals surface area contributed by atoms with Crippen LogP contribution in [0.1, 0.15) is 31.0 Å². The number of benzene rings is 1. The molecule has 0 bridgehead atoms. The minimum atomic E-state index is -0.0277. The van der Waals surface area contributed by atoms with E-state index in [9.17, 15) is 4.79 Å². The molecule has 7 heteroatoms. The minimum Gasteiger partial charge on any atom is -0.358 e. The molecule has 2 N–H and O–H groups in total. The zero-order chi connectivity index (χ0) is 21.8. The summed E-state index contributed by atoms with van der Waals surface area (Å²) in [6.07, 6.45) is 3.24. The zero-order valence-corrected chi connectivity index (χ0v) is 19.2. The maximum absolute atomic E-state index is 12.7. The maximum Gasteiger partial charge on any atom is 0.239 e. The number of carbonyl (C=O) groups is 1. The predicted molar refractivity (Wildman–Crippen MR) is 127 cm³/mol. The number of aromatic nitrogens is 1. The number of nitrogens with zero attached hydrogens (tertiary/aromatic N) is 4. The van der Waals surface area contributed by atoms with Crippen molar-refractivity contribution in [2.45, 2.75) is 39.2 Å². The summed E-state index contributed by atoms with van der Waals surface area (Å²) in [4.78, 5) is 27.4. The van der Waals surface area contributed by atoms with Crippen molar-refractivity contribution in [1.29, 1.82) is 0 Å². The fourth-order valence-corrected chi connectivity index (χ4v) is 4.97. The SMILES string of the molecule is CN=C(NCCc1c(C)[nH]c2ccccc12)N1CCN(C(C)C(=O)N2CCCC2)CC1. The Hall–Kier alpha value is -2.54. The van der Waals surface area contributed by atoms with Crippen LogP contribution in [0.15, 0.2) is 29.3 Å². The average molecular weight is 425 g/mol. The fourth-order valence-electron chi connectivity index (χ4n) is 4.97. The Morgan fingerprint density at radius 1 is 1.10 bits per heavy atom. The summed E-state index contributed by atoms with van der Waals surface area (Å²) in [5.74, 6) is 1.25. The lowest BCUT2D eigenvalue weighted by atomic mass is 10.1. The molecule has 1 atom stereocenters. The molecule has 0 radical (unpaired) electrons. The number of para-hydroxylation sites is 1. The predicted octanol–water partition coefficient (Wildman–Crippen LogP) is 2.22. The van der Waals surface area contributed by atoms with E-state index in [1.807, 2.05) is 11.9 Å². The van der Waals surface area contributed by atoms with E-state index in [4.69, 9.17) is 0 Å². The van der Waals surface area contributed by atoms with Gasteiger partial charge in [0.25, 0.3) is 0 Å². The lowest BCUT2D eigenvalue weighted by Crippen LogP contribution is -2.57. The van der Waals surface area contributed by atoms with Gasteiger partial charge < -0.3 is 20.1 Å². The quantitative estimate of drug-likeness (QED) is 0.571. The van der Waals surface area contributed by atoms with Crippen molar-refractivity contribution >= 4 is 22.8 Å². The van der Waals surface area contributed by atoms with E-state index < -0.39 is 0 Å². The first-order valence-electron chi connectivity index (χ1n) is 11.6. The number of amides is 1. The van der Waals surface area contributed by atoms with Crippen molar-refractivity contribution in [3.05, 3.63) is 35.5 Å². The highest BCUT2D eigenvalue weighted by atomic mass is 16.2. The minimum absolute atomic E-state index is 0.0277. The molecule has 1 unspecified atom stereocenters. The number of rotatable bonds is 5. The van der Waals surface area contributed by atoms with Gasteiger partial charge in [0.2, 0.25) is 5.91 Å². The van der Waals surface area contributed by atoms with E-state index in [0.717, 1.165) is 71.0 Å². The van der Waals surface area contributed by atoms with Crippen LogP contribution >= 0.6 is 0 Å². The normalized spacial score (nSPS) is 19.3. The summed E-state index contributed by atoms with van der Waals surface area (Å²) in [5.41, 5.74) is 3.81. The fraction of sp³-hybridized carbons (Fsp3) is 0.583. The number of aromatic amines is 1. The molecule has 168 valence electrons. The molecular weight excluding hydrogens is 388 g/mol. The van der Waals surface area contributed by atoms with Crippen molar-refractivity contribution in [3.8, 4) is 0 Å². The molecule has 1 aromatic carbocycles. The number of hydrogen-bond donors (Lipinski definition) is 2. The average Bonchev–Trinajstić information content (AvgIpc) is 3.44. The van der Waals surface area contributed by atoms with Crippen LogP contribution in [0.2, 0.25) is 0 Å². The molecule has 2 aromatic rings. The van der Waals surface area contributed by atoms with Crippen LogP contribution in [0, 0.1) is 6.92 Å². The first-order valence-corrected chi connectivity index (χ1v) is 11.6. The molecule has 4 rings (SSSR count). The van der Waals surface area contributed by atoms with Crippen molar-refractivity contribution in [1.82, 2.24) is 25.0 Å². The number of guanidine groups is 1. The smallest absolute Gasteiger partial charge is 0.239 e. The van der Waals surface area contributed by atoms with Gasteiger partial charge in [0.15, 0.2) is 5.96 Å². The molecule has 2 aliphatic heterocycles. The highest BCUT2D eigenvalue weighted by molar-refractivity contribution is 5.85. The van der Waals surface area contributed by atoms with Gasteiger partial charge in [-0.05, 0) is 44.7 Å². The van der Waals surface area contributed by atoms with E-state index in [-0.39, 0.29) is 6.04 Å². The van der Waals surface area contributed by atoms with E-state index in [2.05, 4.69) is 63.2 Å². The van der Waals surface area contributed by atoms with Crippen LogP contribution in [0.4, 0.5) is 0 Å². The number of piperazine rings is 1. The monoisotopic (exact) mass is 424 g/mol. The first kappa shape index (κ1) is 21.7. The number of likely N-dealkylation sites (tertiary alicyclic amines) is 1. The highest BCUT2D eigenvalue weighted by Crippen LogP contribution is 2.22. The van der Waals surface area contributed by atoms with E-state index >= 15 is 0 Å². The van der Waals surface area contributed by atoms with Crippen molar-refractivity contribution in [2.75, 3.05) is 52.9 Å².